The van der Waals surface area contributed by atoms with E-state index in [0.717, 1.165) is 5.56 Å². The predicted molar refractivity (Wildman–Crippen MR) is 95.6 cm³/mol. The van der Waals surface area contributed by atoms with Crippen molar-refractivity contribution in [3.05, 3.63) is 64.8 Å². The van der Waals surface area contributed by atoms with Crippen LogP contribution < -0.4 is 4.74 Å². The first-order valence-electron chi connectivity index (χ1n) is 7.62. The van der Waals surface area contributed by atoms with E-state index in [2.05, 4.69) is 0 Å². The lowest BCUT2D eigenvalue weighted by Crippen LogP contribution is -2.18. The highest BCUT2D eigenvalue weighted by molar-refractivity contribution is 6.31. The number of halogens is 1. The zero-order chi connectivity index (χ0) is 18.0. The van der Waals surface area contributed by atoms with Crippen LogP contribution in [0.15, 0.2) is 48.7 Å². The summed E-state index contributed by atoms with van der Waals surface area (Å²) in [4.78, 5) is 24.5. The summed E-state index contributed by atoms with van der Waals surface area (Å²) in [5.41, 5.74) is 1.84. The first-order chi connectivity index (χ1) is 12.0. The monoisotopic (exact) mass is 357 g/mol. The van der Waals surface area contributed by atoms with Gasteiger partial charge in [-0.15, -0.1) is 0 Å². The molecule has 1 aromatic heterocycles. The van der Waals surface area contributed by atoms with E-state index in [1.165, 1.54) is 17.9 Å². The molecule has 128 valence electrons. The molecule has 0 aliphatic rings. The molecule has 1 heterocycles. The molecule has 0 unspecified atom stereocenters. The van der Waals surface area contributed by atoms with Crippen LogP contribution in [0.1, 0.15) is 20.7 Å². The molecule has 25 heavy (non-hydrogen) atoms. The Balaban J connectivity index is 1.87. The molecule has 0 fully saturated rings. The average molecular weight is 358 g/mol. The van der Waals surface area contributed by atoms with Crippen molar-refractivity contribution in [3.63, 3.8) is 0 Å². The van der Waals surface area contributed by atoms with Crippen molar-refractivity contribution in [3.8, 4) is 5.75 Å². The van der Waals surface area contributed by atoms with Crippen LogP contribution in [0.5, 0.6) is 5.75 Å². The van der Waals surface area contributed by atoms with Crippen LogP contribution in [-0.4, -0.2) is 30.2 Å². The number of rotatable bonds is 4. The molecule has 0 atom stereocenters. The molecular formula is C19H16ClNO4. The fraction of sp³-hybridized carbons (Fsp3) is 0.158. The predicted octanol–water partition coefficient (Wildman–Crippen LogP) is 4.11. The van der Waals surface area contributed by atoms with E-state index in [4.69, 9.17) is 21.1 Å². The van der Waals surface area contributed by atoms with Crippen molar-refractivity contribution in [1.29, 1.82) is 0 Å². The second kappa shape index (κ2) is 6.99. The summed E-state index contributed by atoms with van der Waals surface area (Å²) in [6.07, 6.45) is 1.48. The molecule has 2 aromatic carbocycles. The number of methoxy groups -OCH3 is 1. The van der Waals surface area contributed by atoms with Crippen molar-refractivity contribution in [2.75, 3.05) is 13.7 Å². The van der Waals surface area contributed by atoms with Crippen LogP contribution in [-0.2, 0) is 4.74 Å². The number of carbonyl (C=O) groups is 2. The Labute approximate surface area is 149 Å². The van der Waals surface area contributed by atoms with Gasteiger partial charge in [0.1, 0.15) is 5.75 Å². The molecule has 3 aromatic rings. The van der Waals surface area contributed by atoms with Gasteiger partial charge in [-0.3, -0.25) is 9.36 Å². The molecule has 0 aliphatic carbocycles. The zero-order valence-electron chi connectivity index (χ0n) is 13.8. The van der Waals surface area contributed by atoms with E-state index in [0.29, 0.717) is 27.2 Å². The minimum Gasteiger partial charge on any atom is -0.484 e. The van der Waals surface area contributed by atoms with Gasteiger partial charge in [0.25, 0.3) is 5.91 Å². The first kappa shape index (κ1) is 17.0. The van der Waals surface area contributed by atoms with Crippen LogP contribution in [0.2, 0.25) is 5.02 Å². The van der Waals surface area contributed by atoms with E-state index in [-0.39, 0.29) is 12.5 Å². The summed E-state index contributed by atoms with van der Waals surface area (Å²) in [6.45, 7) is 1.69. The summed E-state index contributed by atoms with van der Waals surface area (Å²) in [5.74, 6) is -0.226. The second-order valence-electron chi connectivity index (χ2n) is 5.51. The maximum Gasteiger partial charge on any atom is 0.340 e. The SMILES string of the molecule is COC(=O)c1cn(C(=O)COc2ccc(Cl)c(C)c2)c2ccccc12. The number of aryl methyl sites for hydroxylation is 1. The highest BCUT2D eigenvalue weighted by Gasteiger charge is 2.18. The van der Waals surface area contributed by atoms with Gasteiger partial charge in [-0.05, 0) is 36.8 Å². The third-order valence-electron chi connectivity index (χ3n) is 3.88. The number of para-hydroxylation sites is 1. The molecule has 0 bridgehead atoms. The smallest absolute Gasteiger partial charge is 0.340 e. The van der Waals surface area contributed by atoms with Gasteiger partial charge in [-0.1, -0.05) is 29.8 Å². The number of hydrogen-bond donors (Lipinski definition) is 0. The number of aromatic nitrogens is 1. The molecule has 0 saturated heterocycles. The molecule has 0 aliphatic heterocycles. The van der Waals surface area contributed by atoms with Crippen molar-refractivity contribution >= 4 is 34.4 Å². The van der Waals surface area contributed by atoms with Crippen LogP contribution >= 0.6 is 11.6 Å². The van der Waals surface area contributed by atoms with Crippen molar-refractivity contribution in [2.24, 2.45) is 0 Å². The number of hydrogen-bond acceptors (Lipinski definition) is 4. The molecule has 0 amide bonds. The maximum absolute atomic E-state index is 12.6. The van der Waals surface area contributed by atoms with Gasteiger partial charge < -0.3 is 9.47 Å². The van der Waals surface area contributed by atoms with Gasteiger partial charge in [-0.25, -0.2) is 4.79 Å². The average Bonchev–Trinajstić information content (AvgIpc) is 3.01. The quantitative estimate of drug-likeness (QED) is 0.659. The van der Waals surface area contributed by atoms with Crippen LogP contribution in [0.3, 0.4) is 0 Å². The first-order valence-corrected chi connectivity index (χ1v) is 7.99. The lowest BCUT2D eigenvalue weighted by atomic mass is 10.2. The van der Waals surface area contributed by atoms with E-state index in [1.54, 1.807) is 42.5 Å². The normalized spacial score (nSPS) is 10.7. The Kier molecular flexibility index (Phi) is 4.76. The summed E-state index contributed by atoms with van der Waals surface area (Å²) in [5, 5.41) is 1.29. The largest absolute Gasteiger partial charge is 0.484 e. The fourth-order valence-electron chi connectivity index (χ4n) is 2.58. The molecule has 0 N–H and O–H groups in total. The lowest BCUT2D eigenvalue weighted by molar-refractivity contribution is 0.0603. The van der Waals surface area contributed by atoms with Crippen molar-refractivity contribution in [2.45, 2.75) is 6.92 Å². The Bertz CT molecular complexity index is 961. The number of benzene rings is 2. The Morgan fingerprint density at radius 2 is 1.92 bits per heavy atom. The topological polar surface area (TPSA) is 57.5 Å². The lowest BCUT2D eigenvalue weighted by Gasteiger charge is -2.08. The van der Waals surface area contributed by atoms with Crippen LogP contribution in [0, 0.1) is 6.92 Å². The number of nitrogens with zero attached hydrogens (tertiary/aromatic N) is 1. The van der Waals surface area contributed by atoms with Gasteiger partial charge in [0.15, 0.2) is 6.61 Å². The van der Waals surface area contributed by atoms with Gasteiger partial charge in [0.2, 0.25) is 0 Å². The van der Waals surface area contributed by atoms with E-state index in [9.17, 15) is 9.59 Å². The van der Waals surface area contributed by atoms with Gasteiger partial charge in [0, 0.05) is 16.6 Å². The molecular weight excluding hydrogens is 342 g/mol. The molecule has 0 spiro atoms. The molecule has 0 radical (unpaired) electrons. The second-order valence-corrected chi connectivity index (χ2v) is 5.92. The number of ether oxygens (including phenoxy) is 2. The Morgan fingerprint density at radius 3 is 2.64 bits per heavy atom. The zero-order valence-corrected chi connectivity index (χ0v) is 14.5. The number of esters is 1. The van der Waals surface area contributed by atoms with E-state index in [1.807, 2.05) is 6.92 Å². The van der Waals surface area contributed by atoms with Crippen LogP contribution in [0.25, 0.3) is 10.9 Å². The third-order valence-corrected chi connectivity index (χ3v) is 4.30. The molecule has 0 saturated carbocycles. The number of carbonyl (C=O) groups excluding carboxylic acids is 2. The highest BCUT2D eigenvalue weighted by atomic mass is 35.5. The van der Waals surface area contributed by atoms with Crippen molar-refractivity contribution in [1.82, 2.24) is 4.57 Å². The molecule has 3 rings (SSSR count). The Morgan fingerprint density at radius 1 is 1.16 bits per heavy atom. The van der Waals surface area contributed by atoms with Crippen LogP contribution in [0.4, 0.5) is 0 Å². The Hall–Kier alpha value is -2.79. The van der Waals surface area contributed by atoms with Crippen molar-refractivity contribution < 1.29 is 19.1 Å². The highest BCUT2D eigenvalue weighted by Crippen LogP contribution is 2.23. The summed E-state index contributed by atoms with van der Waals surface area (Å²) >= 11 is 5.98. The summed E-state index contributed by atoms with van der Waals surface area (Å²) < 4.78 is 11.7. The van der Waals surface area contributed by atoms with Gasteiger partial charge in [0.05, 0.1) is 18.2 Å². The summed E-state index contributed by atoms with van der Waals surface area (Å²) in [7, 11) is 1.31. The maximum atomic E-state index is 12.6. The van der Waals surface area contributed by atoms with Gasteiger partial charge >= 0.3 is 5.97 Å². The van der Waals surface area contributed by atoms with E-state index < -0.39 is 5.97 Å². The minimum atomic E-state index is -0.489. The number of fused-ring (bicyclic) bond motifs is 1. The fourth-order valence-corrected chi connectivity index (χ4v) is 2.70. The van der Waals surface area contributed by atoms with Gasteiger partial charge in [-0.2, -0.15) is 0 Å². The van der Waals surface area contributed by atoms with E-state index >= 15 is 0 Å². The summed E-state index contributed by atoms with van der Waals surface area (Å²) in [6, 6.07) is 12.3. The minimum absolute atomic E-state index is 0.166. The third kappa shape index (κ3) is 3.37. The standard InChI is InChI=1S/C19H16ClNO4/c1-12-9-13(7-8-16(12)20)25-11-18(22)21-10-15(19(23)24-2)14-5-3-4-6-17(14)21/h3-10H,11H2,1-2H3. The molecule has 5 nitrogen and oxygen atoms in total. The molecule has 6 heteroatoms.